The third-order valence-electron chi connectivity index (χ3n) is 3.44. The van der Waals surface area contributed by atoms with Crippen LogP contribution in [-0.4, -0.2) is 52.8 Å². The summed E-state index contributed by atoms with van der Waals surface area (Å²) in [6, 6.07) is 2.35. The molecule has 3 N–H and O–H groups in total. The highest BCUT2D eigenvalue weighted by molar-refractivity contribution is 7.90. The van der Waals surface area contributed by atoms with Crippen molar-refractivity contribution in [3.05, 3.63) is 23.3 Å². The Bertz CT molecular complexity index is 904. The zero-order chi connectivity index (χ0) is 19.9. The van der Waals surface area contributed by atoms with E-state index >= 15 is 0 Å². The van der Waals surface area contributed by atoms with Gasteiger partial charge in [-0.1, -0.05) is 13.8 Å². The molecule has 1 heterocycles. The maximum atomic E-state index is 12.6. The number of nitrogens with zero attached hydrogens (tertiary/aromatic N) is 1. The second-order valence-electron chi connectivity index (χ2n) is 5.63. The molecule has 2 rings (SSSR count). The Morgan fingerprint density at radius 1 is 1.31 bits per heavy atom. The standard InChI is InChI=1S/C13H16NO10PS/c1-7(2)9-3-8(23-5-11(15)16)4-10-12(9)13(17)14(26(10,21)22)6-24-25(18,19)20/h3-4,7H,5-6H2,1-2H3,(H,15,16)(H2,18,19,20). The summed E-state index contributed by atoms with van der Waals surface area (Å²) in [6.45, 7) is 1.49. The number of hydrogen-bond donors (Lipinski definition) is 3. The van der Waals surface area contributed by atoms with Crippen molar-refractivity contribution in [1.82, 2.24) is 4.31 Å². The minimum atomic E-state index is -5.01. The molecule has 0 aromatic heterocycles. The van der Waals surface area contributed by atoms with Crippen LogP contribution in [0.4, 0.5) is 0 Å². The Morgan fingerprint density at radius 3 is 2.42 bits per heavy atom. The molecule has 0 radical (unpaired) electrons. The highest BCUT2D eigenvalue weighted by Crippen LogP contribution is 2.41. The quantitative estimate of drug-likeness (QED) is 0.539. The zero-order valence-electron chi connectivity index (χ0n) is 13.6. The molecule has 26 heavy (non-hydrogen) atoms. The van der Waals surface area contributed by atoms with Gasteiger partial charge in [-0.3, -0.25) is 9.32 Å². The van der Waals surface area contributed by atoms with Crippen molar-refractivity contribution < 1.29 is 46.7 Å². The van der Waals surface area contributed by atoms with Crippen molar-refractivity contribution in [3.8, 4) is 5.75 Å². The minimum absolute atomic E-state index is 0.0658. The van der Waals surface area contributed by atoms with E-state index in [-0.39, 0.29) is 27.1 Å². The highest BCUT2D eigenvalue weighted by atomic mass is 32.2. The van der Waals surface area contributed by atoms with Crippen LogP contribution in [0.15, 0.2) is 17.0 Å². The third kappa shape index (κ3) is 4.05. The average Bonchev–Trinajstić information content (AvgIpc) is 2.68. The van der Waals surface area contributed by atoms with Gasteiger partial charge in [0, 0.05) is 6.07 Å². The first kappa shape index (κ1) is 20.3. The van der Waals surface area contributed by atoms with Gasteiger partial charge in [-0.15, -0.1) is 0 Å². The molecular formula is C13H16NO10PS. The number of hydrogen-bond acceptors (Lipinski definition) is 7. The minimum Gasteiger partial charge on any atom is -0.482 e. The van der Waals surface area contributed by atoms with E-state index in [4.69, 9.17) is 19.6 Å². The predicted octanol–water partition coefficient (Wildman–Crippen LogP) is 0.485. The lowest BCUT2D eigenvalue weighted by molar-refractivity contribution is -0.139. The summed E-state index contributed by atoms with van der Waals surface area (Å²) >= 11 is 0. The fourth-order valence-electron chi connectivity index (χ4n) is 2.34. The first-order chi connectivity index (χ1) is 11.8. The van der Waals surface area contributed by atoms with Crippen LogP contribution in [0.1, 0.15) is 35.7 Å². The monoisotopic (exact) mass is 409 g/mol. The van der Waals surface area contributed by atoms with E-state index in [1.807, 2.05) is 0 Å². The van der Waals surface area contributed by atoms with Gasteiger partial charge in [0.15, 0.2) is 6.61 Å². The number of carbonyl (C=O) groups is 2. The maximum absolute atomic E-state index is 12.6. The smallest absolute Gasteiger partial charge is 0.471 e. The van der Waals surface area contributed by atoms with Crippen LogP contribution < -0.4 is 4.74 Å². The molecule has 1 aliphatic rings. The molecule has 0 saturated carbocycles. The topological polar surface area (TPSA) is 168 Å². The fraction of sp³-hybridized carbons (Fsp3) is 0.385. The molecule has 0 bridgehead atoms. The summed E-state index contributed by atoms with van der Waals surface area (Å²) < 4.78 is 45.3. The largest absolute Gasteiger partial charge is 0.482 e. The van der Waals surface area contributed by atoms with Gasteiger partial charge in [-0.2, -0.15) is 0 Å². The number of rotatable bonds is 7. The van der Waals surface area contributed by atoms with E-state index in [0.29, 0.717) is 0 Å². The molecule has 0 fully saturated rings. The van der Waals surface area contributed by atoms with Crippen molar-refractivity contribution in [2.45, 2.75) is 24.7 Å². The zero-order valence-corrected chi connectivity index (χ0v) is 15.4. The molecule has 0 unspecified atom stereocenters. The van der Waals surface area contributed by atoms with E-state index < -0.39 is 48.0 Å². The number of benzene rings is 1. The van der Waals surface area contributed by atoms with Crippen molar-refractivity contribution >= 4 is 29.7 Å². The van der Waals surface area contributed by atoms with E-state index in [1.54, 1.807) is 13.8 Å². The Balaban J connectivity index is 2.53. The van der Waals surface area contributed by atoms with Crippen LogP contribution in [0.3, 0.4) is 0 Å². The predicted molar refractivity (Wildman–Crippen MR) is 85.0 cm³/mol. The normalized spacial score (nSPS) is 16.0. The molecule has 0 atom stereocenters. The number of amides is 1. The van der Waals surface area contributed by atoms with Crippen LogP contribution in [0, 0.1) is 0 Å². The highest BCUT2D eigenvalue weighted by Gasteiger charge is 2.44. The summed E-state index contributed by atoms with van der Waals surface area (Å²) in [5.74, 6) is -2.66. The summed E-state index contributed by atoms with van der Waals surface area (Å²) in [6.07, 6.45) is 0. The lowest BCUT2D eigenvalue weighted by Crippen LogP contribution is -2.32. The number of aliphatic carboxylic acids is 1. The summed E-state index contributed by atoms with van der Waals surface area (Å²) in [5, 5.41) is 8.68. The number of carboxylic acids is 1. The van der Waals surface area contributed by atoms with Crippen molar-refractivity contribution in [2.75, 3.05) is 13.3 Å². The molecule has 1 amide bonds. The molecule has 1 aromatic rings. The first-order valence-corrected chi connectivity index (χ1v) is 10.1. The summed E-state index contributed by atoms with van der Waals surface area (Å²) in [7, 11) is -9.45. The number of sulfonamides is 1. The molecule has 1 aromatic carbocycles. The second kappa shape index (κ2) is 6.97. The average molecular weight is 409 g/mol. The van der Waals surface area contributed by atoms with Crippen molar-refractivity contribution in [2.24, 2.45) is 0 Å². The van der Waals surface area contributed by atoms with Gasteiger partial charge in [-0.05, 0) is 17.5 Å². The lowest BCUT2D eigenvalue weighted by Gasteiger charge is -2.15. The number of carboxylic acid groups (broad SMARTS) is 1. The van der Waals surface area contributed by atoms with Crippen LogP contribution in [-0.2, 0) is 23.9 Å². The van der Waals surface area contributed by atoms with Gasteiger partial charge >= 0.3 is 13.8 Å². The number of ether oxygens (including phenoxy) is 1. The number of phosphoric acid groups is 1. The van der Waals surface area contributed by atoms with E-state index in [1.165, 1.54) is 6.07 Å². The van der Waals surface area contributed by atoms with Crippen LogP contribution in [0.25, 0.3) is 0 Å². The Labute approximate surface area is 148 Å². The van der Waals surface area contributed by atoms with Crippen LogP contribution >= 0.6 is 7.82 Å². The fourth-order valence-corrected chi connectivity index (χ4v) is 4.15. The van der Waals surface area contributed by atoms with Gasteiger partial charge in [-0.25, -0.2) is 22.1 Å². The van der Waals surface area contributed by atoms with E-state index in [2.05, 4.69) is 4.52 Å². The van der Waals surface area contributed by atoms with Crippen molar-refractivity contribution in [3.63, 3.8) is 0 Å². The molecule has 144 valence electrons. The molecule has 0 saturated heterocycles. The summed E-state index contributed by atoms with van der Waals surface area (Å²) in [5.41, 5.74) is 0.118. The van der Waals surface area contributed by atoms with Crippen molar-refractivity contribution in [1.29, 1.82) is 0 Å². The SMILES string of the molecule is CC(C)c1cc(OCC(=O)O)cc2c1C(=O)N(COP(=O)(O)O)S2(=O)=O. The third-order valence-corrected chi connectivity index (χ3v) is 5.62. The maximum Gasteiger partial charge on any atom is 0.471 e. The lowest BCUT2D eigenvalue weighted by atomic mass is 9.96. The van der Waals surface area contributed by atoms with Crippen LogP contribution in [0.2, 0.25) is 0 Å². The number of fused-ring (bicyclic) bond motifs is 1. The van der Waals surface area contributed by atoms with Gasteiger partial charge in [0.1, 0.15) is 17.4 Å². The van der Waals surface area contributed by atoms with E-state index in [9.17, 15) is 22.6 Å². The van der Waals surface area contributed by atoms with Crippen LogP contribution in [0.5, 0.6) is 5.75 Å². The number of phosphoric ester groups is 1. The van der Waals surface area contributed by atoms with Gasteiger partial charge in [0.25, 0.3) is 15.9 Å². The molecule has 0 aliphatic carbocycles. The first-order valence-electron chi connectivity index (χ1n) is 7.14. The molecular weight excluding hydrogens is 393 g/mol. The second-order valence-corrected chi connectivity index (χ2v) is 8.70. The summed E-state index contributed by atoms with van der Waals surface area (Å²) in [4.78, 5) is 40.2. The van der Waals surface area contributed by atoms with E-state index in [0.717, 1.165) is 6.07 Å². The number of carbonyl (C=O) groups excluding carboxylic acids is 1. The van der Waals surface area contributed by atoms with Gasteiger partial charge in [0.05, 0.1) is 5.56 Å². The molecule has 1 aliphatic heterocycles. The van der Waals surface area contributed by atoms with Gasteiger partial charge < -0.3 is 19.6 Å². The molecule has 13 heteroatoms. The Morgan fingerprint density at radius 2 is 1.92 bits per heavy atom. The Hall–Kier alpha value is -1.98. The Kier molecular flexibility index (Phi) is 5.45. The molecule has 0 spiro atoms. The molecule has 11 nitrogen and oxygen atoms in total. The van der Waals surface area contributed by atoms with Gasteiger partial charge in [0.2, 0.25) is 0 Å².